The second kappa shape index (κ2) is 7.26. The number of rotatable bonds is 5. The minimum Gasteiger partial charge on any atom is -0.377 e. The topological polar surface area (TPSA) is 51.7 Å². The van der Waals surface area contributed by atoms with Gasteiger partial charge in [0.05, 0.1) is 19.3 Å². The van der Waals surface area contributed by atoms with Crippen molar-refractivity contribution in [1.82, 2.24) is 9.88 Å². The molecule has 5 heteroatoms. The Morgan fingerprint density at radius 2 is 2.28 bits per heavy atom. The summed E-state index contributed by atoms with van der Waals surface area (Å²) in [6, 6.07) is 3.95. The normalized spacial score (nSPS) is 28.7. The maximum atomic E-state index is 12.8. The molecule has 0 unspecified atom stereocenters. The van der Waals surface area contributed by atoms with Crippen LogP contribution in [0.25, 0.3) is 0 Å². The van der Waals surface area contributed by atoms with Crippen LogP contribution in [0.1, 0.15) is 37.7 Å². The maximum absolute atomic E-state index is 12.8. The van der Waals surface area contributed by atoms with Gasteiger partial charge in [-0.15, -0.1) is 0 Å². The van der Waals surface area contributed by atoms with E-state index in [1.165, 1.54) is 0 Å². The summed E-state index contributed by atoms with van der Waals surface area (Å²) < 4.78 is 12.0. The molecule has 0 N–H and O–H groups in total. The van der Waals surface area contributed by atoms with Crippen molar-refractivity contribution in [2.75, 3.05) is 26.3 Å². The Morgan fingerprint density at radius 3 is 3.08 bits per heavy atom. The Hall–Kier alpha value is -1.72. The number of hydrogen-bond acceptors (Lipinski definition) is 4. The first-order valence-corrected chi connectivity index (χ1v) is 9.33. The third-order valence-corrected chi connectivity index (χ3v) is 5.78. The predicted octanol–water partition coefficient (Wildman–Crippen LogP) is 2.72. The fourth-order valence-corrected chi connectivity index (χ4v) is 4.35. The summed E-state index contributed by atoms with van der Waals surface area (Å²) in [5.74, 6) is 0.233. The van der Waals surface area contributed by atoms with Gasteiger partial charge in [0.25, 0.3) is 0 Å². The van der Waals surface area contributed by atoms with E-state index in [2.05, 4.69) is 11.1 Å². The lowest BCUT2D eigenvalue weighted by Crippen LogP contribution is -2.53. The van der Waals surface area contributed by atoms with Crippen molar-refractivity contribution in [2.45, 2.75) is 44.8 Å². The van der Waals surface area contributed by atoms with Crippen molar-refractivity contribution in [3.05, 3.63) is 41.7 Å². The van der Waals surface area contributed by atoms with Crippen LogP contribution in [0, 0.1) is 5.41 Å². The molecule has 2 saturated heterocycles. The molecule has 1 aromatic heterocycles. The van der Waals surface area contributed by atoms with Crippen molar-refractivity contribution < 1.29 is 14.3 Å². The van der Waals surface area contributed by atoms with E-state index < -0.39 is 0 Å². The van der Waals surface area contributed by atoms with Crippen LogP contribution in [0.15, 0.2) is 36.2 Å². The number of aromatic nitrogens is 1. The second-order valence-electron chi connectivity index (χ2n) is 7.46. The number of carbonyl (C=O) groups excluding carboxylic acids is 1. The highest BCUT2D eigenvalue weighted by Crippen LogP contribution is 2.42. The monoisotopic (exact) mass is 342 g/mol. The first-order valence-electron chi connectivity index (χ1n) is 9.33. The van der Waals surface area contributed by atoms with E-state index in [1.807, 2.05) is 17.0 Å². The zero-order valence-electron chi connectivity index (χ0n) is 14.7. The smallest absolute Gasteiger partial charge is 0.249 e. The van der Waals surface area contributed by atoms with Gasteiger partial charge < -0.3 is 14.4 Å². The molecule has 134 valence electrons. The summed E-state index contributed by atoms with van der Waals surface area (Å²) in [7, 11) is 0. The summed E-state index contributed by atoms with van der Waals surface area (Å²) in [6.07, 6.45) is 10.9. The summed E-state index contributed by atoms with van der Waals surface area (Å²) in [6.45, 7) is 3.55. The van der Waals surface area contributed by atoms with Crippen molar-refractivity contribution in [1.29, 1.82) is 0 Å². The summed E-state index contributed by atoms with van der Waals surface area (Å²) in [4.78, 5) is 18.9. The third kappa shape index (κ3) is 3.48. The number of likely N-dealkylation sites (tertiary alicyclic amines) is 1. The van der Waals surface area contributed by atoms with Gasteiger partial charge in [0.2, 0.25) is 5.91 Å². The van der Waals surface area contributed by atoms with E-state index in [-0.39, 0.29) is 17.4 Å². The molecule has 0 saturated carbocycles. The zero-order chi connectivity index (χ0) is 17.1. The lowest BCUT2D eigenvalue weighted by atomic mass is 9.77. The molecule has 0 radical (unpaired) electrons. The van der Waals surface area contributed by atoms with Crippen molar-refractivity contribution in [3.63, 3.8) is 0 Å². The molecule has 2 fully saturated rings. The molecule has 0 aromatic carbocycles. The summed E-state index contributed by atoms with van der Waals surface area (Å²) in [5, 5.41) is 0. The molecule has 1 aliphatic carbocycles. The summed E-state index contributed by atoms with van der Waals surface area (Å²) >= 11 is 0. The number of piperidine rings is 1. The average Bonchev–Trinajstić information content (AvgIpc) is 3.31. The van der Waals surface area contributed by atoms with Gasteiger partial charge in [-0.05, 0) is 49.8 Å². The predicted molar refractivity (Wildman–Crippen MR) is 93.8 cm³/mol. The molecule has 0 spiro atoms. The van der Waals surface area contributed by atoms with Crippen LogP contribution in [-0.2, 0) is 20.9 Å². The van der Waals surface area contributed by atoms with Gasteiger partial charge in [-0.3, -0.25) is 9.78 Å². The second-order valence-corrected chi connectivity index (χ2v) is 7.46. The van der Waals surface area contributed by atoms with Gasteiger partial charge >= 0.3 is 0 Å². The standard InChI is InChI=1S/C20H26N2O3/c23-19(17-3-1-2-4-17)22-11-7-18-20(14-22,8-12-25-18)15-24-13-16-5-9-21-10-6-16/h3,5-6,9-10,18H,1-2,4,7-8,11-15H2/t18-,20+/m1/s1. The van der Waals surface area contributed by atoms with E-state index in [4.69, 9.17) is 9.47 Å². The molecule has 25 heavy (non-hydrogen) atoms. The van der Waals surface area contributed by atoms with Gasteiger partial charge in [0, 0.05) is 43.1 Å². The molecule has 3 aliphatic rings. The highest BCUT2D eigenvalue weighted by Gasteiger charge is 2.49. The molecule has 1 amide bonds. The van der Waals surface area contributed by atoms with Gasteiger partial charge in [-0.25, -0.2) is 0 Å². The van der Waals surface area contributed by atoms with Crippen LogP contribution < -0.4 is 0 Å². The number of carbonyl (C=O) groups is 1. The number of amides is 1. The van der Waals surface area contributed by atoms with E-state index >= 15 is 0 Å². The van der Waals surface area contributed by atoms with Crippen LogP contribution in [0.2, 0.25) is 0 Å². The minimum atomic E-state index is -0.0555. The Bertz CT molecular complexity index is 646. The molecule has 3 heterocycles. The quantitative estimate of drug-likeness (QED) is 0.826. The number of hydrogen-bond donors (Lipinski definition) is 0. The SMILES string of the molecule is O=C(C1=CCCC1)N1CC[C@H]2OCC[C@@]2(COCc2ccncc2)C1. The highest BCUT2D eigenvalue weighted by molar-refractivity contribution is 5.93. The van der Waals surface area contributed by atoms with E-state index in [1.54, 1.807) is 12.4 Å². The minimum absolute atomic E-state index is 0.0555. The average molecular weight is 342 g/mol. The fraction of sp³-hybridized carbons (Fsp3) is 0.600. The van der Waals surface area contributed by atoms with E-state index in [0.29, 0.717) is 13.2 Å². The molecule has 2 aliphatic heterocycles. The fourth-order valence-electron chi connectivity index (χ4n) is 4.35. The number of ether oxygens (including phenoxy) is 2. The first kappa shape index (κ1) is 16.7. The van der Waals surface area contributed by atoms with Gasteiger partial charge in [0.1, 0.15) is 0 Å². The highest BCUT2D eigenvalue weighted by atomic mass is 16.5. The zero-order valence-corrected chi connectivity index (χ0v) is 14.7. The molecule has 2 atom stereocenters. The number of fused-ring (bicyclic) bond motifs is 1. The number of nitrogens with zero attached hydrogens (tertiary/aromatic N) is 2. The molecule has 4 rings (SSSR count). The first-order chi connectivity index (χ1) is 12.3. The van der Waals surface area contributed by atoms with Gasteiger partial charge in [-0.2, -0.15) is 0 Å². The third-order valence-electron chi connectivity index (χ3n) is 5.78. The van der Waals surface area contributed by atoms with Crippen LogP contribution in [0.4, 0.5) is 0 Å². The molecular weight excluding hydrogens is 316 g/mol. The molecule has 5 nitrogen and oxygen atoms in total. The molecule has 1 aromatic rings. The molecule has 0 bridgehead atoms. The lowest BCUT2D eigenvalue weighted by Gasteiger charge is -2.43. The van der Waals surface area contributed by atoms with Crippen molar-refractivity contribution in [3.8, 4) is 0 Å². The van der Waals surface area contributed by atoms with Crippen LogP contribution >= 0.6 is 0 Å². The summed E-state index contributed by atoms with van der Waals surface area (Å²) in [5.41, 5.74) is 2.08. The number of pyridine rings is 1. The van der Waals surface area contributed by atoms with E-state index in [9.17, 15) is 4.79 Å². The Kier molecular flexibility index (Phi) is 4.86. The largest absolute Gasteiger partial charge is 0.377 e. The van der Waals surface area contributed by atoms with Gasteiger partial charge in [0.15, 0.2) is 0 Å². The maximum Gasteiger partial charge on any atom is 0.249 e. The van der Waals surface area contributed by atoms with Crippen molar-refractivity contribution >= 4 is 5.91 Å². The van der Waals surface area contributed by atoms with Crippen LogP contribution in [-0.4, -0.2) is 48.2 Å². The van der Waals surface area contributed by atoms with Gasteiger partial charge in [-0.1, -0.05) is 6.08 Å². The molecular formula is C20H26N2O3. The Labute approximate surface area is 149 Å². The number of allylic oxidation sites excluding steroid dienone is 1. The van der Waals surface area contributed by atoms with E-state index in [0.717, 1.165) is 62.9 Å². The Balaban J connectivity index is 1.41. The van der Waals surface area contributed by atoms with Crippen LogP contribution in [0.3, 0.4) is 0 Å². The lowest BCUT2D eigenvalue weighted by molar-refractivity contribution is -0.136. The Morgan fingerprint density at radius 1 is 1.40 bits per heavy atom. The van der Waals surface area contributed by atoms with Crippen LogP contribution in [0.5, 0.6) is 0 Å². The van der Waals surface area contributed by atoms with Crippen molar-refractivity contribution in [2.24, 2.45) is 5.41 Å².